The van der Waals surface area contributed by atoms with Gasteiger partial charge in [-0.25, -0.2) is 4.79 Å². The molecular formula is C20H15F3N2O5. The summed E-state index contributed by atoms with van der Waals surface area (Å²) in [4.78, 5) is 28.5. The molecule has 2 heterocycles. The highest BCUT2D eigenvalue weighted by atomic mass is 19.4. The Morgan fingerprint density at radius 1 is 1.17 bits per heavy atom. The van der Waals surface area contributed by atoms with E-state index in [0.717, 1.165) is 6.07 Å². The van der Waals surface area contributed by atoms with Gasteiger partial charge in [0.25, 0.3) is 5.56 Å². The van der Waals surface area contributed by atoms with Gasteiger partial charge in [-0.15, -0.1) is 13.2 Å². The molecule has 156 valence electrons. The number of aromatic nitrogens is 1. The third kappa shape index (κ3) is 3.81. The number of hydrogen-bond acceptors (Lipinski definition) is 5. The maximum absolute atomic E-state index is 12.7. The van der Waals surface area contributed by atoms with Crippen molar-refractivity contribution in [3.63, 3.8) is 0 Å². The Kier molecular flexibility index (Phi) is 4.86. The number of aromatic amines is 1. The Morgan fingerprint density at radius 3 is 2.63 bits per heavy atom. The summed E-state index contributed by atoms with van der Waals surface area (Å²) in [6.45, 7) is -0.182. The molecule has 1 saturated heterocycles. The smallest absolute Gasteiger partial charge is 0.441 e. The number of benzene rings is 2. The first-order valence-corrected chi connectivity index (χ1v) is 8.86. The minimum absolute atomic E-state index is 0.0757. The highest BCUT2D eigenvalue weighted by Crippen LogP contribution is 2.33. The number of nitrogens with one attached hydrogen (secondary N) is 1. The number of carbonyl (C=O) groups is 1. The van der Waals surface area contributed by atoms with E-state index in [1.54, 1.807) is 12.1 Å². The zero-order valence-corrected chi connectivity index (χ0v) is 15.3. The van der Waals surface area contributed by atoms with Crippen molar-refractivity contribution >= 4 is 22.6 Å². The van der Waals surface area contributed by atoms with Crippen molar-refractivity contribution in [2.75, 3.05) is 18.1 Å². The number of alkyl halides is 3. The number of pyridine rings is 1. The average Bonchev–Trinajstić information content (AvgIpc) is 3.08. The van der Waals surface area contributed by atoms with Crippen LogP contribution < -0.4 is 15.2 Å². The molecule has 0 bridgehead atoms. The molecule has 1 atom stereocenters. The zero-order chi connectivity index (χ0) is 21.5. The number of aliphatic hydroxyl groups excluding tert-OH is 1. The molecule has 0 radical (unpaired) electrons. The first-order chi connectivity index (χ1) is 14.2. The molecule has 3 aromatic rings. The monoisotopic (exact) mass is 420 g/mol. The van der Waals surface area contributed by atoms with Crippen molar-refractivity contribution in [2.45, 2.75) is 12.5 Å². The SMILES string of the molecule is O=C1OC(CO)CN1c1ccc2cc(-c3ccccc3OC(F)(F)F)[nH]c(=O)c2c1. The molecule has 7 nitrogen and oxygen atoms in total. The number of para-hydroxylation sites is 1. The van der Waals surface area contributed by atoms with Gasteiger partial charge in [0.05, 0.1) is 18.8 Å². The van der Waals surface area contributed by atoms with Crippen LogP contribution in [0, 0.1) is 0 Å². The molecule has 1 aliphatic heterocycles. The number of anilines is 1. The molecule has 2 N–H and O–H groups in total. The number of nitrogens with zero attached hydrogens (tertiary/aromatic N) is 1. The second-order valence-electron chi connectivity index (χ2n) is 6.63. The lowest BCUT2D eigenvalue weighted by atomic mass is 10.1. The summed E-state index contributed by atoms with van der Waals surface area (Å²) >= 11 is 0. The molecular weight excluding hydrogens is 405 g/mol. The van der Waals surface area contributed by atoms with E-state index in [1.165, 1.54) is 35.2 Å². The number of cyclic esters (lactones) is 1. The van der Waals surface area contributed by atoms with Crippen molar-refractivity contribution in [3.05, 3.63) is 58.9 Å². The summed E-state index contributed by atoms with van der Waals surface area (Å²) in [6.07, 6.45) is -6.17. The Bertz CT molecular complexity index is 1180. The lowest BCUT2D eigenvalue weighted by Gasteiger charge is -2.15. The van der Waals surface area contributed by atoms with Crippen LogP contribution in [-0.2, 0) is 4.74 Å². The molecule has 1 fully saturated rings. The van der Waals surface area contributed by atoms with Crippen LogP contribution in [0.5, 0.6) is 5.75 Å². The number of ether oxygens (including phenoxy) is 2. The number of hydrogen-bond donors (Lipinski definition) is 2. The fourth-order valence-electron chi connectivity index (χ4n) is 3.29. The molecule has 1 amide bonds. The standard InChI is InChI=1S/C20H15F3N2O5/c21-20(22,23)30-17-4-2-1-3-14(17)16-7-11-5-6-12(8-15(11)18(27)24-16)25-9-13(10-26)29-19(25)28/h1-8,13,26H,9-10H2,(H,24,27). The molecule has 1 unspecified atom stereocenters. The molecule has 0 spiro atoms. The van der Waals surface area contributed by atoms with Gasteiger partial charge in [-0.05, 0) is 35.7 Å². The number of amides is 1. The van der Waals surface area contributed by atoms with Crippen LogP contribution in [0.4, 0.5) is 23.7 Å². The first kappa shape index (κ1) is 19.8. The van der Waals surface area contributed by atoms with Crippen LogP contribution in [0.2, 0.25) is 0 Å². The zero-order valence-electron chi connectivity index (χ0n) is 15.3. The van der Waals surface area contributed by atoms with E-state index in [9.17, 15) is 22.8 Å². The van der Waals surface area contributed by atoms with Crippen LogP contribution >= 0.6 is 0 Å². The summed E-state index contributed by atoms with van der Waals surface area (Å²) in [5.74, 6) is -0.438. The average molecular weight is 420 g/mol. The summed E-state index contributed by atoms with van der Waals surface area (Å²) in [5.41, 5.74) is 0.0905. The van der Waals surface area contributed by atoms with Gasteiger partial charge in [0, 0.05) is 16.6 Å². The van der Waals surface area contributed by atoms with Crippen molar-refractivity contribution in [1.29, 1.82) is 0 Å². The molecule has 4 rings (SSSR count). The minimum atomic E-state index is -4.88. The van der Waals surface area contributed by atoms with Crippen LogP contribution in [0.25, 0.3) is 22.0 Å². The summed E-state index contributed by atoms with van der Waals surface area (Å²) < 4.78 is 47.1. The van der Waals surface area contributed by atoms with E-state index >= 15 is 0 Å². The minimum Gasteiger partial charge on any atom is -0.441 e. The van der Waals surface area contributed by atoms with E-state index in [-0.39, 0.29) is 29.8 Å². The van der Waals surface area contributed by atoms with Crippen molar-refractivity contribution in [3.8, 4) is 17.0 Å². The van der Waals surface area contributed by atoms with Gasteiger partial charge in [-0.2, -0.15) is 0 Å². The molecule has 30 heavy (non-hydrogen) atoms. The quantitative estimate of drug-likeness (QED) is 0.675. The van der Waals surface area contributed by atoms with E-state index in [4.69, 9.17) is 9.84 Å². The molecule has 10 heteroatoms. The first-order valence-electron chi connectivity index (χ1n) is 8.86. The fourth-order valence-corrected chi connectivity index (χ4v) is 3.29. The lowest BCUT2D eigenvalue weighted by molar-refractivity contribution is -0.274. The largest absolute Gasteiger partial charge is 0.573 e. The number of rotatable bonds is 4. The molecule has 2 aromatic carbocycles. The van der Waals surface area contributed by atoms with Crippen molar-refractivity contribution in [2.24, 2.45) is 0 Å². The summed E-state index contributed by atoms with van der Waals surface area (Å²) in [6, 6.07) is 11.7. The predicted molar refractivity (Wildman–Crippen MR) is 101 cm³/mol. The maximum atomic E-state index is 12.7. The Balaban J connectivity index is 1.75. The molecule has 0 aliphatic carbocycles. The normalized spacial score (nSPS) is 16.7. The highest BCUT2D eigenvalue weighted by molar-refractivity contribution is 5.94. The van der Waals surface area contributed by atoms with Crippen molar-refractivity contribution < 1.29 is 32.5 Å². The summed E-state index contributed by atoms with van der Waals surface area (Å²) in [5, 5.41) is 9.86. The van der Waals surface area contributed by atoms with Crippen LogP contribution in [0.1, 0.15) is 0 Å². The number of aliphatic hydroxyl groups is 1. The predicted octanol–water partition coefficient (Wildman–Crippen LogP) is 3.41. The number of carbonyl (C=O) groups excluding carboxylic acids is 1. The third-order valence-electron chi connectivity index (χ3n) is 4.62. The van der Waals surface area contributed by atoms with E-state index in [0.29, 0.717) is 11.1 Å². The van der Waals surface area contributed by atoms with Crippen molar-refractivity contribution in [1.82, 2.24) is 4.98 Å². The van der Waals surface area contributed by atoms with Gasteiger partial charge in [0.15, 0.2) is 0 Å². The fraction of sp³-hybridized carbons (Fsp3) is 0.200. The Hall–Kier alpha value is -3.53. The third-order valence-corrected chi connectivity index (χ3v) is 4.62. The second kappa shape index (κ2) is 7.38. The molecule has 0 saturated carbocycles. The van der Waals surface area contributed by atoms with E-state index < -0.39 is 29.9 Å². The topological polar surface area (TPSA) is 91.9 Å². The number of halogens is 3. The second-order valence-corrected chi connectivity index (χ2v) is 6.63. The summed E-state index contributed by atoms with van der Waals surface area (Å²) in [7, 11) is 0. The van der Waals surface area contributed by atoms with Crippen LogP contribution in [-0.4, -0.2) is 41.8 Å². The van der Waals surface area contributed by atoms with Gasteiger partial charge in [-0.1, -0.05) is 18.2 Å². The van der Waals surface area contributed by atoms with Gasteiger partial charge >= 0.3 is 12.5 Å². The van der Waals surface area contributed by atoms with Gasteiger partial charge in [0.1, 0.15) is 11.9 Å². The molecule has 1 aromatic heterocycles. The van der Waals surface area contributed by atoms with Gasteiger partial charge in [0.2, 0.25) is 0 Å². The van der Waals surface area contributed by atoms with Crippen LogP contribution in [0.15, 0.2) is 53.3 Å². The van der Waals surface area contributed by atoms with Gasteiger partial charge in [-0.3, -0.25) is 9.69 Å². The number of H-pyrrole nitrogens is 1. The van der Waals surface area contributed by atoms with Gasteiger partial charge < -0.3 is 19.6 Å². The lowest BCUT2D eigenvalue weighted by Crippen LogP contribution is -2.25. The maximum Gasteiger partial charge on any atom is 0.573 e. The highest BCUT2D eigenvalue weighted by Gasteiger charge is 2.33. The Labute approximate surface area is 167 Å². The molecule has 1 aliphatic rings. The number of fused-ring (bicyclic) bond motifs is 1. The Morgan fingerprint density at radius 2 is 1.93 bits per heavy atom. The van der Waals surface area contributed by atoms with E-state index in [2.05, 4.69) is 9.72 Å². The van der Waals surface area contributed by atoms with Crippen LogP contribution in [0.3, 0.4) is 0 Å². The van der Waals surface area contributed by atoms with E-state index in [1.807, 2.05) is 0 Å².